The monoisotopic (exact) mass is 346 g/mol. The number of nitrogens with one attached hydrogen (secondary N) is 1. The fourth-order valence-electron chi connectivity index (χ4n) is 3.52. The second-order valence-corrected chi connectivity index (χ2v) is 7.76. The molecule has 0 aromatic rings. The van der Waals surface area contributed by atoms with E-state index in [-0.39, 0.29) is 18.4 Å². The summed E-state index contributed by atoms with van der Waals surface area (Å²) in [5.74, 6) is 1.01. The zero-order chi connectivity index (χ0) is 17.9. The van der Waals surface area contributed by atoms with Crippen molar-refractivity contribution < 1.29 is 23.1 Å². The molecule has 1 saturated heterocycles. The molecule has 2 fully saturated rings. The van der Waals surface area contributed by atoms with Gasteiger partial charge in [-0.1, -0.05) is 13.8 Å². The Bertz CT molecular complexity index is 473. The van der Waals surface area contributed by atoms with Crippen LogP contribution in [0, 0.1) is 17.8 Å². The molecule has 0 radical (unpaired) electrons. The van der Waals surface area contributed by atoms with E-state index in [1.165, 1.54) is 0 Å². The Morgan fingerprint density at radius 1 is 1.38 bits per heavy atom. The summed E-state index contributed by atoms with van der Waals surface area (Å²) < 4.78 is 28.6. The van der Waals surface area contributed by atoms with E-state index in [2.05, 4.69) is 23.9 Å². The number of hydrogen-bond donors (Lipinski definition) is 1. The van der Waals surface area contributed by atoms with Crippen LogP contribution in [0.1, 0.15) is 40.0 Å². The topological polar surface area (TPSA) is 58.6 Å². The van der Waals surface area contributed by atoms with Gasteiger partial charge in [0.2, 0.25) is 11.8 Å². The van der Waals surface area contributed by atoms with Gasteiger partial charge in [0.05, 0.1) is 5.54 Å². The summed E-state index contributed by atoms with van der Waals surface area (Å²) in [5, 5.41) is 2.81. The van der Waals surface area contributed by atoms with Crippen LogP contribution in [0.4, 0.5) is 8.78 Å². The van der Waals surface area contributed by atoms with Crippen molar-refractivity contribution in [3.05, 3.63) is 0 Å². The van der Waals surface area contributed by atoms with Crippen LogP contribution < -0.4 is 5.32 Å². The average molecular weight is 346 g/mol. The van der Waals surface area contributed by atoms with Crippen molar-refractivity contribution in [2.75, 3.05) is 26.3 Å². The van der Waals surface area contributed by atoms with Crippen LogP contribution in [0.25, 0.3) is 0 Å². The molecular weight excluding hydrogens is 318 g/mol. The maximum atomic E-state index is 12.5. The molecule has 1 unspecified atom stereocenters. The molecule has 1 aliphatic heterocycles. The number of hydrogen-bond acceptors (Lipinski definition) is 3. The van der Waals surface area contributed by atoms with Crippen molar-refractivity contribution in [1.29, 1.82) is 0 Å². The Morgan fingerprint density at radius 3 is 2.71 bits per heavy atom. The van der Waals surface area contributed by atoms with Gasteiger partial charge in [0.25, 0.3) is 6.43 Å². The summed E-state index contributed by atoms with van der Waals surface area (Å²) >= 11 is 0. The highest BCUT2D eigenvalue weighted by Crippen LogP contribution is 2.45. The molecule has 1 saturated carbocycles. The summed E-state index contributed by atoms with van der Waals surface area (Å²) in [6, 6.07) is 0. The quantitative estimate of drug-likeness (QED) is 0.732. The lowest BCUT2D eigenvalue weighted by atomic mass is 10.0. The lowest BCUT2D eigenvalue weighted by molar-refractivity contribution is -0.133. The minimum Gasteiger partial charge on any atom is -0.366 e. The molecule has 138 valence electrons. The second-order valence-electron chi connectivity index (χ2n) is 7.76. The van der Waals surface area contributed by atoms with E-state index in [4.69, 9.17) is 0 Å². The molecule has 0 spiro atoms. The SMILES string of the molecule is CC(C)C[C@@H]1C[C@H]1C(=O)N1CCC(C)(NC(=O)COCC(F)F)C1. The molecule has 0 aromatic heterocycles. The van der Waals surface area contributed by atoms with Gasteiger partial charge in [-0.05, 0) is 38.0 Å². The molecule has 1 heterocycles. The average Bonchev–Trinajstić information content (AvgIpc) is 3.09. The first-order valence-electron chi connectivity index (χ1n) is 8.66. The highest BCUT2D eigenvalue weighted by Gasteiger charge is 2.47. The van der Waals surface area contributed by atoms with E-state index >= 15 is 0 Å². The Kier molecular flexibility index (Phi) is 6.17. The summed E-state index contributed by atoms with van der Waals surface area (Å²) in [5.41, 5.74) is -0.511. The molecule has 1 N–H and O–H groups in total. The Labute approximate surface area is 142 Å². The highest BCUT2D eigenvalue weighted by atomic mass is 19.3. The first kappa shape index (κ1) is 19.1. The third kappa shape index (κ3) is 5.40. The third-order valence-electron chi connectivity index (χ3n) is 4.72. The predicted octanol–water partition coefficient (Wildman–Crippen LogP) is 2.06. The maximum Gasteiger partial charge on any atom is 0.261 e. The molecule has 2 amide bonds. The molecule has 24 heavy (non-hydrogen) atoms. The van der Waals surface area contributed by atoms with E-state index < -0.39 is 24.5 Å². The molecule has 1 aliphatic carbocycles. The van der Waals surface area contributed by atoms with Gasteiger partial charge in [-0.2, -0.15) is 0 Å². The largest absolute Gasteiger partial charge is 0.366 e. The van der Waals surface area contributed by atoms with Crippen LogP contribution in [-0.2, 0) is 14.3 Å². The molecule has 2 aliphatic rings. The number of halogens is 2. The third-order valence-corrected chi connectivity index (χ3v) is 4.72. The summed E-state index contributed by atoms with van der Waals surface area (Å²) in [4.78, 5) is 26.1. The fourth-order valence-corrected chi connectivity index (χ4v) is 3.52. The van der Waals surface area contributed by atoms with Gasteiger partial charge in [-0.25, -0.2) is 8.78 Å². The van der Waals surface area contributed by atoms with Gasteiger partial charge in [-0.15, -0.1) is 0 Å². The van der Waals surface area contributed by atoms with Gasteiger partial charge in [-0.3, -0.25) is 9.59 Å². The number of alkyl halides is 2. The van der Waals surface area contributed by atoms with Crippen LogP contribution in [0.2, 0.25) is 0 Å². The summed E-state index contributed by atoms with van der Waals surface area (Å²) in [7, 11) is 0. The molecular formula is C17H28F2N2O3. The number of amides is 2. The van der Waals surface area contributed by atoms with Gasteiger partial charge in [0, 0.05) is 19.0 Å². The number of rotatable bonds is 8. The van der Waals surface area contributed by atoms with E-state index in [0.29, 0.717) is 31.3 Å². The van der Waals surface area contributed by atoms with Gasteiger partial charge < -0.3 is 15.0 Å². The Morgan fingerprint density at radius 2 is 2.08 bits per heavy atom. The lowest BCUT2D eigenvalue weighted by Crippen LogP contribution is -2.50. The van der Waals surface area contributed by atoms with E-state index in [1.807, 2.05) is 11.8 Å². The lowest BCUT2D eigenvalue weighted by Gasteiger charge is -2.26. The van der Waals surface area contributed by atoms with Crippen molar-refractivity contribution in [2.45, 2.75) is 52.0 Å². The van der Waals surface area contributed by atoms with Crippen LogP contribution in [0.5, 0.6) is 0 Å². The Balaban J connectivity index is 1.75. The van der Waals surface area contributed by atoms with Crippen LogP contribution in [0.15, 0.2) is 0 Å². The smallest absolute Gasteiger partial charge is 0.261 e. The summed E-state index contributed by atoms with van der Waals surface area (Å²) in [6.07, 6.45) is 0.142. The minimum atomic E-state index is -2.58. The second kappa shape index (κ2) is 7.76. The molecule has 5 nitrogen and oxygen atoms in total. The van der Waals surface area contributed by atoms with E-state index in [1.54, 1.807) is 0 Å². The summed E-state index contributed by atoms with van der Waals surface area (Å²) in [6.45, 7) is 6.18. The number of nitrogens with zero attached hydrogens (tertiary/aromatic N) is 1. The van der Waals surface area contributed by atoms with Crippen LogP contribution in [0.3, 0.4) is 0 Å². The number of carbonyl (C=O) groups is 2. The van der Waals surface area contributed by atoms with Crippen molar-refractivity contribution in [3.8, 4) is 0 Å². The van der Waals surface area contributed by atoms with Crippen molar-refractivity contribution in [3.63, 3.8) is 0 Å². The van der Waals surface area contributed by atoms with Gasteiger partial charge in [0.1, 0.15) is 13.2 Å². The first-order chi connectivity index (χ1) is 11.2. The zero-order valence-electron chi connectivity index (χ0n) is 14.7. The zero-order valence-corrected chi connectivity index (χ0v) is 14.7. The van der Waals surface area contributed by atoms with Gasteiger partial charge in [0.15, 0.2) is 0 Å². The maximum absolute atomic E-state index is 12.5. The van der Waals surface area contributed by atoms with E-state index in [0.717, 1.165) is 12.8 Å². The molecule has 3 atom stereocenters. The number of ether oxygens (including phenoxy) is 1. The van der Waals surface area contributed by atoms with Crippen molar-refractivity contribution >= 4 is 11.8 Å². The number of likely N-dealkylation sites (tertiary alicyclic amines) is 1. The molecule has 7 heteroatoms. The molecule has 0 aromatic carbocycles. The highest BCUT2D eigenvalue weighted by molar-refractivity contribution is 5.82. The predicted molar refractivity (Wildman–Crippen MR) is 85.6 cm³/mol. The van der Waals surface area contributed by atoms with Gasteiger partial charge >= 0.3 is 0 Å². The van der Waals surface area contributed by atoms with E-state index in [9.17, 15) is 18.4 Å². The van der Waals surface area contributed by atoms with Crippen LogP contribution in [-0.4, -0.2) is 55.0 Å². The standard InChI is InChI=1S/C17H28F2N2O3/c1-11(2)6-12-7-13(12)16(23)21-5-4-17(3,10-21)20-15(22)9-24-8-14(18)19/h11-14H,4-10H2,1-3H3,(H,20,22)/t12-,13-,17?/m1/s1. The minimum absolute atomic E-state index is 0.139. The molecule has 2 rings (SSSR count). The first-order valence-corrected chi connectivity index (χ1v) is 8.66. The fraction of sp³-hybridized carbons (Fsp3) is 0.882. The molecule has 0 bridgehead atoms. The normalized spacial score (nSPS) is 29.4. The van der Waals surface area contributed by atoms with Crippen molar-refractivity contribution in [1.82, 2.24) is 10.2 Å². The number of carbonyl (C=O) groups excluding carboxylic acids is 2. The van der Waals surface area contributed by atoms with Crippen LogP contribution >= 0.6 is 0 Å². The van der Waals surface area contributed by atoms with Crippen molar-refractivity contribution in [2.24, 2.45) is 17.8 Å². The Hall–Kier alpha value is -1.24.